The zero-order valence-electron chi connectivity index (χ0n) is 14.1. The van der Waals surface area contributed by atoms with Crippen LogP contribution in [0.15, 0.2) is 50.3 Å². The van der Waals surface area contributed by atoms with Crippen LogP contribution in [0.2, 0.25) is 0 Å². The molecule has 0 aromatic rings. The smallest absolute Gasteiger partial charge is 0.0707 e. The van der Waals surface area contributed by atoms with Crippen LogP contribution < -0.4 is 11.5 Å². The van der Waals surface area contributed by atoms with Crippen molar-refractivity contribution in [2.75, 3.05) is 0 Å². The third-order valence-electron chi connectivity index (χ3n) is 5.44. The van der Waals surface area contributed by atoms with Crippen LogP contribution in [0.3, 0.4) is 0 Å². The van der Waals surface area contributed by atoms with E-state index in [1.54, 1.807) is 0 Å². The van der Waals surface area contributed by atoms with Gasteiger partial charge in [0, 0.05) is 40.3 Å². The Balaban J connectivity index is 0.00000146. The largest absolute Gasteiger partial charge is 0.383 e. The highest BCUT2D eigenvalue weighted by Crippen LogP contribution is 2.29. The maximum Gasteiger partial charge on any atom is 0.0707 e. The molecule has 1 saturated heterocycles. The summed E-state index contributed by atoms with van der Waals surface area (Å²) in [4.78, 5) is 14.6. The topological polar surface area (TPSA) is 84.1 Å². The quantitative estimate of drug-likeness (QED) is 0.713. The van der Waals surface area contributed by atoms with Crippen LogP contribution in [-0.2, 0) is 0 Å². The highest BCUT2D eigenvalue weighted by molar-refractivity contribution is 6.03. The van der Waals surface area contributed by atoms with E-state index in [0.29, 0.717) is 12.1 Å². The molecule has 4 N–H and O–H groups in total. The van der Waals surface area contributed by atoms with Crippen LogP contribution in [0.4, 0.5) is 0 Å². The Kier molecular flexibility index (Phi) is 3.96. The summed E-state index contributed by atoms with van der Waals surface area (Å²) in [5, 5.41) is 3.71. The normalized spacial score (nSPS) is 30.7. The van der Waals surface area contributed by atoms with E-state index in [1.165, 1.54) is 47.1 Å². The van der Waals surface area contributed by atoms with E-state index in [1.807, 2.05) is 0 Å². The lowest BCUT2D eigenvalue weighted by atomic mass is 10.0. The van der Waals surface area contributed by atoms with E-state index < -0.39 is 0 Å². The molecule has 126 valence electrons. The Morgan fingerprint density at radius 3 is 2.25 bits per heavy atom. The van der Waals surface area contributed by atoms with Crippen molar-refractivity contribution in [3.63, 3.8) is 0 Å². The molecule has 5 heterocycles. The van der Waals surface area contributed by atoms with Gasteiger partial charge in [0.1, 0.15) is 0 Å². The first-order chi connectivity index (χ1) is 11.3. The number of hydrogen-bond acceptors (Lipinski definition) is 5. The van der Waals surface area contributed by atoms with Crippen molar-refractivity contribution in [1.29, 1.82) is 0 Å². The molecule has 0 aromatic heterocycles. The number of aliphatic imine (C=N–C) groups is 3. The molecule has 5 aliphatic rings. The monoisotopic (exact) mass is 323 g/mol. The molecule has 1 fully saturated rings. The second kappa shape index (κ2) is 6.13. The van der Waals surface area contributed by atoms with Gasteiger partial charge in [-0.2, -0.15) is 0 Å². The van der Waals surface area contributed by atoms with Crippen LogP contribution in [0.25, 0.3) is 0 Å². The lowest BCUT2D eigenvalue weighted by Gasteiger charge is -2.16. The van der Waals surface area contributed by atoms with Crippen molar-refractivity contribution in [2.24, 2.45) is 15.0 Å². The summed E-state index contributed by atoms with van der Waals surface area (Å²) in [7, 11) is 0. The first-order valence-corrected chi connectivity index (χ1v) is 8.92. The summed E-state index contributed by atoms with van der Waals surface area (Å²) in [6, 6.07) is 0.934. The maximum atomic E-state index is 4.98. The Labute approximate surface area is 143 Å². The summed E-state index contributed by atoms with van der Waals surface area (Å²) in [5.41, 5.74) is 7.41. The standard InChI is InChI=1S/C19H22N4.H3N/c1-3-14-10-16-5-7-18(22-16)19-8-6-17(23-19)11-15-4-2-13(21-15)9-12(1)20-14;/h9-11,18-19,22H,1-8H2;1H3. The number of rotatable bonds is 0. The van der Waals surface area contributed by atoms with Crippen LogP contribution in [0.5, 0.6) is 0 Å². The number of allylic oxidation sites excluding steroid dienone is 6. The van der Waals surface area contributed by atoms with Crippen molar-refractivity contribution in [2.45, 2.75) is 63.5 Å². The predicted molar refractivity (Wildman–Crippen MR) is 99.2 cm³/mol. The van der Waals surface area contributed by atoms with Crippen molar-refractivity contribution in [3.05, 3.63) is 35.3 Å². The molecular weight excluding hydrogens is 298 g/mol. The van der Waals surface area contributed by atoms with E-state index >= 15 is 0 Å². The van der Waals surface area contributed by atoms with Gasteiger partial charge in [-0.1, -0.05) is 0 Å². The predicted octanol–water partition coefficient (Wildman–Crippen LogP) is 3.64. The fourth-order valence-corrected chi connectivity index (χ4v) is 4.24. The summed E-state index contributed by atoms with van der Waals surface area (Å²) >= 11 is 0. The molecule has 0 spiro atoms. The first kappa shape index (κ1) is 15.5. The maximum absolute atomic E-state index is 4.98. The van der Waals surface area contributed by atoms with Crippen LogP contribution in [0.1, 0.15) is 51.4 Å². The Bertz CT molecular complexity index is 735. The third kappa shape index (κ3) is 2.88. The van der Waals surface area contributed by atoms with Gasteiger partial charge in [-0.15, -0.1) is 0 Å². The van der Waals surface area contributed by atoms with Crippen LogP contribution in [-0.4, -0.2) is 29.2 Å². The second-order valence-corrected chi connectivity index (χ2v) is 7.16. The van der Waals surface area contributed by atoms with Crippen LogP contribution >= 0.6 is 0 Å². The molecular formula is C19H25N5. The molecule has 0 aliphatic carbocycles. The second-order valence-electron chi connectivity index (χ2n) is 7.16. The van der Waals surface area contributed by atoms with E-state index in [2.05, 4.69) is 23.5 Å². The Hall–Kier alpha value is -2.01. The van der Waals surface area contributed by atoms with E-state index in [4.69, 9.17) is 15.0 Å². The SMILES string of the molecule is C1=C2CCC(=N2)C=C2CCC(N2)C2CCC(=N2)C=C2CCC1=N2.N. The highest BCUT2D eigenvalue weighted by atomic mass is 15.0. The van der Waals surface area contributed by atoms with E-state index in [0.717, 1.165) is 38.5 Å². The minimum Gasteiger partial charge on any atom is -0.383 e. The molecule has 5 aliphatic heterocycles. The third-order valence-corrected chi connectivity index (χ3v) is 5.44. The number of fused-ring (bicyclic) bond motifs is 6. The molecule has 0 saturated carbocycles. The minimum atomic E-state index is 0. The summed E-state index contributed by atoms with van der Waals surface area (Å²) < 4.78 is 0. The molecule has 2 unspecified atom stereocenters. The number of nitrogens with one attached hydrogen (secondary N) is 1. The molecule has 24 heavy (non-hydrogen) atoms. The van der Waals surface area contributed by atoms with Gasteiger partial charge in [-0.3, -0.25) is 15.0 Å². The Morgan fingerprint density at radius 2 is 1.46 bits per heavy atom. The van der Waals surface area contributed by atoms with E-state index in [9.17, 15) is 0 Å². The first-order valence-electron chi connectivity index (χ1n) is 8.92. The van der Waals surface area contributed by atoms with Crippen LogP contribution in [0, 0.1) is 0 Å². The van der Waals surface area contributed by atoms with Gasteiger partial charge in [0.2, 0.25) is 0 Å². The van der Waals surface area contributed by atoms with Crippen molar-refractivity contribution >= 4 is 17.1 Å². The zero-order chi connectivity index (χ0) is 15.2. The average Bonchev–Trinajstić information content (AvgIpc) is 3.28. The van der Waals surface area contributed by atoms with Gasteiger partial charge < -0.3 is 11.5 Å². The van der Waals surface area contributed by atoms with E-state index in [-0.39, 0.29) is 6.15 Å². The molecule has 0 amide bonds. The zero-order valence-corrected chi connectivity index (χ0v) is 14.1. The number of nitrogens with zero attached hydrogens (tertiary/aromatic N) is 3. The lowest BCUT2D eigenvalue weighted by molar-refractivity contribution is 0.492. The van der Waals surface area contributed by atoms with Gasteiger partial charge in [-0.05, 0) is 69.6 Å². The summed E-state index contributed by atoms with van der Waals surface area (Å²) in [5.74, 6) is 0. The van der Waals surface area contributed by atoms with Crippen molar-refractivity contribution < 1.29 is 0 Å². The minimum absolute atomic E-state index is 0. The number of hydrogen-bond donors (Lipinski definition) is 2. The van der Waals surface area contributed by atoms with Crippen molar-refractivity contribution in [3.8, 4) is 0 Å². The fraction of sp³-hybridized carbons (Fsp3) is 0.526. The molecule has 0 radical (unpaired) electrons. The van der Waals surface area contributed by atoms with Gasteiger partial charge >= 0.3 is 0 Å². The molecule has 5 heteroatoms. The van der Waals surface area contributed by atoms with Gasteiger partial charge in [-0.25, -0.2) is 0 Å². The summed E-state index contributed by atoms with van der Waals surface area (Å²) in [6.45, 7) is 0. The Morgan fingerprint density at radius 1 is 0.750 bits per heavy atom. The summed E-state index contributed by atoms with van der Waals surface area (Å²) in [6.07, 6.45) is 15.5. The molecule has 0 aromatic carbocycles. The highest BCUT2D eigenvalue weighted by Gasteiger charge is 2.30. The lowest BCUT2D eigenvalue weighted by Crippen LogP contribution is -2.31. The molecule has 5 nitrogen and oxygen atoms in total. The van der Waals surface area contributed by atoms with Gasteiger partial charge in [0.15, 0.2) is 0 Å². The fourth-order valence-electron chi connectivity index (χ4n) is 4.24. The molecule has 8 bridgehead atoms. The van der Waals surface area contributed by atoms with Gasteiger partial charge in [0.05, 0.1) is 6.04 Å². The molecule has 2 atom stereocenters. The van der Waals surface area contributed by atoms with Crippen molar-refractivity contribution in [1.82, 2.24) is 11.5 Å². The van der Waals surface area contributed by atoms with Gasteiger partial charge in [0.25, 0.3) is 0 Å². The average molecular weight is 323 g/mol. The molecule has 5 rings (SSSR count).